The van der Waals surface area contributed by atoms with Crippen LogP contribution < -0.4 is 15.4 Å². The van der Waals surface area contributed by atoms with E-state index in [4.69, 9.17) is 11.6 Å². The van der Waals surface area contributed by atoms with Crippen LogP contribution in [-0.2, 0) is 16.4 Å². The summed E-state index contributed by atoms with van der Waals surface area (Å²) in [6.07, 6.45) is 1.98. The van der Waals surface area contributed by atoms with Crippen LogP contribution in [0.15, 0.2) is 29.3 Å². The van der Waals surface area contributed by atoms with E-state index in [9.17, 15) is 8.42 Å². The summed E-state index contributed by atoms with van der Waals surface area (Å²) in [5.74, 6) is 0.673. The van der Waals surface area contributed by atoms with Crippen molar-refractivity contribution in [2.24, 2.45) is 4.99 Å². The van der Waals surface area contributed by atoms with Crippen molar-refractivity contribution >= 4 is 51.6 Å². The Kier molecular flexibility index (Phi) is 11.6. The topological polar surface area (TPSA) is 82.6 Å². The molecule has 0 aromatic heterocycles. The molecule has 0 fully saturated rings. The number of sulfonamides is 1. The quantitative estimate of drug-likeness (QED) is 0.231. The Morgan fingerprint density at radius 2 is 1.83 bits per heavy atom. The minimum atomic E-state index is -3.16. The Balaban J connectivity index is 0.00000484. The first-order chi connectivity index (χ1) is 10.4. The van der Waals surface area contributed by atoms with Crippen LogP contribution in [0.2, 0.25) is 5.02 Å². The first kappa shape index (κ1) is 22.4. The van der Waals surface area contributed by atoms with Gasteiger partial charge < -0.3 is 10.6 Å². The maximum atomic E-state index is 11.0. The van der Waals surface area contributed by atoms with Crippen LogP contribution >= 0.6 is 35.6 Å². The highest BCUT2D eigenvalue weighted by Crippen LogP contribution is 2.09. The summed E-state index contributed by atoms with van der Waals surface area (Å²) in [6.45, 7) is 4.11. The zero-order valence-corrected chi connectivity index (χ0v) is 17.2. The second kappa shape index (κ2) is 11.9. The average Bonchev–Trinajstić information content (AvgIpc) is 2.44. The van der Waals surface area contributed by atoms with Gasteiger partial charge in [0.05, 0.1) is 12.8 Å². The molecule has 6 nitrogen and oxygen atoms in total. The lowest BCUT2D eigenvalue weighted by Crippen LogP contribution is -2.39. The number of hydrogen-bond acceptors (Lipinski definition) is 3. The summed E-state index contributed by atoms with van der Waals surface area (Å²) >= 11 is 5.85. The van der Waals surface area contributed by atoms with E-state index < -0.39 is 10.0 Å². The third kappa shape index (κ3) is 11.6. The predicted octanol–water partition coefficient (Wildman–Crippen LogP) is 1.60. The smallest absolute Gasteiger partial charge is 0.208 e. The molecule has 0 aliphatic rings. The van der Waals surface area contributed by atoms with Gasteiger partial charge in [-0.05, 0) is 31.0 Å². The largest absolute Gasteiger partial charge is 0.357 e. The molecule has 23 heavy (non-hydrogen) atoms. The van der Waals surface area contributed by atoms with Crippen molar-refractivity contribution in [1.82, 2.24) is 15.4 Å². The van der Waals surface area contributed by atoms with E-state index in [0.717, 1.165) is 30.8 Å². The van der Waals surface area contributed by atoms with Crippen LogP contribution in [0.3, 0.4) is 0 Å². The van der Waals surface area contributed by atoms with Crippen molar-refractivity contribution in [2.45, 2.75) is 13.3 Å². The van der Waals surface area contributed by atoms with E-state index in [1.165, 1.54) is 5.56 Å². The minimum absolute atomic E-state index is 0. The van der Waals surface area contributed by atoms with Crippen LogP contribution in [0.4, 0.5) is 0 Å². The lowest BCUT2D eigenvalue weighted by Gasteiger charge is -2.11. The summed E-state index contributed by atoms with van der Waals surface area (Å²) in [4.78, 5) is 4.31. The first-order valence-corrected chi connectivity index (χ1v) is 9.39. The Morgan fingerprint density at radius 3 is 2.39 bits per heavy atom. The monoisotopic (exact) mass is 474 g/mol. The highest BCUT2D eigenvalue weighted by atomic mass is 127. The molecule has 0 radical (unpaired) electrons. The van der Waals surface area contributed by atoms with Crippen molar-refractivity contribution < 1.29 is 8.42 Å². The number of nitrogens with zero attached hydrogens (tertiary/aromatic N) is 1. The molecule has 1 aromatic carbocycles. The summed E-state index contributed by atoms with van der Waals surface area (Å²) in [5, 5.41) is 7.05. The zero-order valence-electron chi connectivity index (χ0n) is 13.3. The summed E-state index contributed by atoms with van der Waals surface area (Å²) in [7, 11) is -3.16. The third-order valence-electron chi connectivity index (χ3n) is 2.71. The molecule has 9 heteroatoms. The van der Waals surface area contributed by atoms with Crippen LogP contribution in [0.5, 0.6) is 0 Å². The van der Waals surface area contributed by atoms with E-state index in [1.807, 2.05) is 31.2 Å². The molecule has 0 saturated carbocycles. The molecule has 0 aliphatic carbocycles. The highest BCUT2D eigenvalue weighted by Gasteiger charge is 2.00. The highest BCUT2D eigenvalue weighted by molar-refractivity contribution is 14.0. The maximum absolute atomic E-state index is 11.0. The molecule has 0 bridgehead atoms. The number of nitrogens with one attached hydrogen (secondary N) is 3. The van der Waals surface area contributed by atoms with E-state index in [2.05, 4.69) is 20.3 Å². The fraction of sp³-hybridized carbons (Fsp3) is 0.500. The molecule has 0 saturated heterocycles. The standard InChI is InChI=1S/C14H23ClN4O2S.HI/c1-3-16-14(18-10-11-19-22(2,20)21)17-9-8-12-4-6-13(15)7-5-12;/h4-7,19H,3,8-11H2,1-2H3,(H2,16,17,18);1H. The molecular weight excluding hydrogens is 451 g/mol. The van der Waals surface area contributed by atoms with Crippen LogP contribution in [0.1, 0.15) is 12.5 Å². The second-order valence-electron chi connectivity index (χ2n) is 4.73. The number of halogens is 2. The fourth-order valence-corrected chi connectivity index (χ4v) is 2.30. The predicted molar refractivity (Wildman–Crippen MR) is 107 cm³/mol. The lowest BCUT2D eigenvalue weighted by molar-refractivity contribution is 0.588. The maximum Gasteiger partial charge on any atom is 0.208 e. The van der Waals surface area contributed by atoms with Gasteiger partial charge in [0.1, 0.15) is 0 Å². The van der Waals surface area contributed by atoms with E-state index in [1.54, 1.807) is 0 Å². The Bertz CT molecular complexity index is 579. The van der Waals surface area contributed by atoms with E-state index >= 15 is 0 Å². The summed E-state index contributed by atoms with van der Waals surface area (Å²) < 4.78 is 24.3. The molecular formula is C14H24ClIN4O2S. The number of benzene rings is 1. The van der Waals surface area contributed by atoms with Gasteiger partial charge in [-0.2, -0.15) is 0 Å². The lowest BCUT2D eigenvalue weighted by atomic mass is 10.1. The molecule has 0 atom stereocenters. The Morgan fingerprint density at radius 1 is 1.17 bits per heavy atom. The summed E-state index contributed by atoms with van der Waals surface area (Å²) in [6, 6.07) is 7.72. The molecule has 1 rings (SSSR count). The number of aliphatic imine (C=N–C) groups is 1. The Hall–Kier alpha value is -0.580. The number of hydrogen-bond donors (Lipinski definition) is 3. The molecule has 0 spiro atoms. The van der Waals surface area contributed by atoms with Crippen molar-refractivity contribution in [3.63, 3.8) is 0 Å². The number of guanidine groups is 1. The zero-order chi connectivity index (χ0) is 16.4. The molecule has 1 aromatic rings. The average molecular weight is 475 g/mol. The van der Waals surface area contributed by atoms with Gasteiger partial charge in [-0.1, -0.05) is 23.7 Å². The van der Waals surface area contributed by atoms with Gasteiger partial charge >= 0.3 is 0 Å². The fourth-order valence-electron chi connectivity index (χ4n) is 1.72. The van der Waals surface area contributed by atoms with Gasteiger partial charge in [0.2, 0.25) is 10.0 Å². The molecule has 0 heterocycles. The molecule has 0 aliphatic heterocycles. The van der Waals surface area contributed by atoms with Gasteiger partial charge in [-0.25, -0.2) is 13.1 Å². The first-order valence-electron chi connectivity index (χ1n) is 7.12. The van der Waals surface area contributed by atoms with Crippen LogP contribution in [-0.4, -0.2) is 46.8 Å². The molecule has 0 amide bonds. The minimum Gasteiger partial charge on any atom is -0.357 e. The van der Waals surface area contributed by atoms with E-state index in [-0.39, 0.29) is 30.5 Å². The van der Waals surface area contributed by atoms with Gasteiger partial charge in [0.15, 0.2) is 5.96 Å². The SMILES string of the molecule is CCNC(=NCCNS(C)(=O)=O)NCCc1ccc(Cl)cc1.I. The van der Waals surface area contributed by atoms with Crippen molar-refractivity contribution in [2.75, 3.05) is 32.4 Å². The van der Waals surface area contributed by atoms with E-state index in [0.29, 0.717) is 12.5 Å². The Labute approximate surface area is 160 Å². The van der Waals surface area contributed by atoms with Crippen molar-refractivity contribution in [1.29, 1.82) is 0 Å². The number of rotatable bonds is 8. The van der Waals surface area contributed by atoms with Gasteiger partial charge in [-0.15, -0.1) is 24.0 Å². The molecule has 0 unspecified atom stereocenters. The van der Waals surface area contributed by atoms with Gasteiger partial charge in [-0.3, -0.25) is 4.99 Å². The van der Waals surface area contributed by atoms with Gasteiger partial charge in [0.25, 0.3) is 0 Å². The third-order valence-corrected chi connectivity index (χ3v) is 3.69. The summed E-state index contributed by atoms with van der Waals surface area (Å²) in [5.41, 5.74) is 1.19. The van der Waals surface area contributed by atoms with Gasteiger partial charge in [0, 0.05) is 24.7 Å². The van der Waals surface area contributed by atoms with Crippen LogP contribution in [0.25, 0.3) is 0 Å². The molecule has 3 N–H and O–H groups in total. The van der Waals surface area contributed by atoms with Crippen LogP contribution in [0, 0.1) is 0 Å². The second-order valence-corrected chi connectivity index (χ2v) is 7.00. The normalized spacial score (nSPS) is 11.7. The van der Waals surface area contributed by atoms with Crippen molar-refractivity contribution in [3.05, 3.63) is 34.9 Å². The molecule has 132 valence electrons. The van der Waals surface area contributed by atoms with Crippen molar-refractivity contribution in [3.8, 4) is 0 Å².